The van der Waals surface area contributed by atoms with Gasteiger partial charge in [0.15, 0.2) is 0 Å². The second-order valence-corrected chi connectivity index (χ2v) is 5.11. The van der Waals surface area contributed by atoms with Gasteiger partial charge in [-0.1, -0.05) is 36.2 Å². The highest BCUT2D eigenvalue weighted by Crippen LogP contribution is 2.26. The fourth-order valence-electron chi connectivity index (χ4n) is 1.86. The molecule has 0 saturated carbocycles. The average Bonchev–Trinajstić information content (AvgIpc) is 2.80. The summed E-state index contributed by atoms with van der Waals surface area (Å²) in [6, 6.07) is 5.12. The molecule has 1 heterocycles. The Morgan fingerprint density at radius 3 is 2.79 bits per heavy atom. The van der Waals surface area contributed by atoms with Gasteiger partial charge in [0.25, 0.3) is 0 Å². The molecule has 0 aliphatic rings. The highest BCUT2D eigenvalue weighted by Gasteiger charge is 2.14. The van der Waals surface area contributed by atoms with E-state index in [2.05, 4.69) is 17.0 Å². The largest absolute Gasteiger partial charge is 0.388 e. The van der Waals surface area contributed by atoms with Gasteiger partial charge in [-0.2, -0.15) is 5.10 Å². The lowest BCUT2D eigenvalue weighted by Crippen LogP contribution is -2.10. The number of hydrogen-bond donors (Lipinski definition) is 1. The van der Waals surface area contributed by atoms with E-state index in [1.165, 1.54) is 6.33 Å². The van der Waals surface area contributed by atoms with E-state index in [1.54, 1.807) is 22.9 Å². The van der Waals surface area contributed by atoms with Gasteiger partial charge in [0.05, 0.1) is 16.1 Å². The molecule has 1 unspecified atom stereocenters. The molecule has 0 amide bonds. The summed E-state index contributed by atoms with van der Waals surface area (Å²) in [5.41, 5.74) is 0.723. The molecule has 0 spiro atoms. The summed E-state index contributed by atoms with van der Waals surface area (Å²) in [6.07, 6.45) is 2.21. The van der Waals surface area contributed by atoms with Crippen LogP contribution in [-0.4, -0.2) is 19.9 Å². The summed E-state index contributed by atoms with van der Waals surface area (Å²) in [6.45, 7) is 2.87. The van der Waals surface area contributed by atoms with Crippen molar-refractivity contribution in [2.75, 3.05) is 0 Å². The Hall–Kier alpha value is -1.10. The molecule has 0 radical (unpaired) electrons. The van der Waals surface area contributed by atoms with Crippen molar-refractivity contribution in [3.63, 3.8) is 0 Å². The van der Waals surface area contributed by atoms with Gasteiger partial charge >= 0.3 is 0 Å². The Labute approximate surface area is 122 Å². The van der Waals surface area contributed by atoms with E-state index in [1.807, 2.05) is 0 Å². The average molecular weight is 300 g/mol. The molecule has 0 bridgehead atoms. The first-order chi connectivity index (χ1) is 9.11. The highest BCUT2D eigenvalue weighted by molar-refractivity contribution is 6.42. The summed E-state index contributed by atoms with van der Waals surface area (Å²) in [4.78, 5) is 4.17. The van der Waals surface area contributed by atoms with E-state index in [0.29, 0.717) is 16.5 Å². The summed E-state index contributed by atoms with van der Waals surface area (Å²) in [7, 11) is 0. The summed E-state index contributed by atoms with van der Waals surface area (Å²) in [5, 5.41) is 15.3. The number of aromatic nitrogens is 3. The van der Waals surface area contributed by atoms with Crippen LogP contribution in [-0.2, 0) is 13.0 Å². The third-order valence-corrected chi connectivity index (χ3v) is 3.57. The SMILES string of the molecule is CCCn1ncnc1CC(O)c1ccc(Cl)c(Cl)c1. The Morgan fingerprint density at radius 1 is 1.32 bits per heavy atom. The van der Waals surface area contributed by atoms with E-state index in [9.17, 15) is 5.11 Å². The highest BCUT2D eigenvalue weighted by atomic mass is 35.5. The first-order valence-corrected chi connectivity index (χ1v) is 6.87. The Morgan fingerprint density at radius 2 is 2.11 bits per heavy atom. The van der Waals surface area contributed by atoms with Gasteiger partial charge in [-0.05, 0) is 24.1 Å². The minimum Gasteiger partial charge on any atom is -0.388 e. The minimum atomic E-state index is -0.672. The van der Waals surface area contributed by atoms with Crippen LogP contribution >= 0.6 is 23.2 Å². The number of aryl methyl sites for hydroxylation is 1. The predicted octanol–water partition coefficient (Wildman–Crippen LogP) is 3.27. The molecule has 2 aromatic rings. The van der Waals surface area contributed by atoms with Gasteiger partial charge in [0.2, 0.25) is 0 Å². The number of nitrogens with zero attached hydrogens (tertiary/aromatic N) is 3. The maximum Gasteiger partial charge on any atom is 0.138 e. The molecule has 19 heavy (non-hydrogen) atoms. The third kappa shape index (κ3) is 3.47. The van der Waals surface area contributed by atoms with Crippen LogP contribution in [0, 0.1) is 0 Å². The van der Waals surface area contributed by atoms with E-state index >= 15 is 0 Å². The molecule has 102 valence electrons. The van der Waals surface area contributed by atoms with Crippen molar-refractivity contribution in [1.29, 1.82) is 0 Å². The maximum atomic E-state index is 10.2. The van der Waals surface area contributed by atoms with E-state index in [4.69, 9.17) is 23.2 Å². The molecule has 2 rings (SSSR count). The van der Waals surface area contributed by atoms with Gasteiger partial charge in [-0.3, -0.25) is 4.68 Å². The molecule has 6 heteroatoms. The number of hydrogen-bond acceptors (Lipinski definition) is 3. The molecule has 0 saturated heterocycles. The summed E-state index contributed by atoms with van der Waals surface area (Å²) in [5.74, 6) is 0.764. The summed E-state index contributed by atoms with van der Waals surface area (Å²) >= 11 is 11.8. The topological polar surface area (TPSA) is 50.9 Å². The van der Waals surface area contributed by atoms with Crippen molar-refractivity contribution in [2.24, 2.45) is 0 Å². The molecule has 1 aromatic heterocycles. The van der Waals surface area contributed by atoms with Crippen molar-refractivity contribution < 1.29 is 5.11 Å². The van der Waals surface area contributed by atoms with Crippen LogP contribution in [0.3, 0.4) is 0 Å². The second kappa shape index (κ2) is 6.37. The maximum absolute atomic E-state index is 10.2. The van der Waals surface area contributed by atoms with Crippen LogP contribution < -0.4 is 0 Å². The quantitative estimate of drug-likeness (QED) is 0.922. The standard InChI is InChI=1S/C13H15Cl2N3O/c1-2-5-18-13(16-8-17-18)7-12(19)9-3-4-10(14)11(15)6-9/h3-4,6,8,12,19H,2,5,7H2,1H3. The molecule has 0 aliphatic heterocycles. The van der Waals surface area contributed by atoms with Gasteiger partial charge < -0.3 is 5.11 Å². The first-order valence-electron chi connectivity index (χ1n) is 6.11. The van der Waals surface area contributed by atoms with Crippen molar-refractivity contribution in [3.05, 3.63) is 46.0 Å². The zero-order chi connectivity index (χ0) is 13.8. The molecule has 1 aromatic carbocycles. The Bertz CT molecular complexity index is 557. The summed E-state index contributed by atoms with van der Waals surface area (Å²) < 4.78 is 1.81. The number of halogens is 2. The number of benzene rings is 1. The van der Waals surface area contributed by atoms with Crippen LogP contribution in [0.2, 0.25) is 10.0 Å². The smallest absolute Gasteiger partial charge is 0.138 e. The van der Waals surface area contributed by atoms with Gasteiger partial charge in [-0.25, -0.2) is 4.98 Å². The number of rotatable bonds is 5. The molecule has 1 N–H and O–H groups in total. The van der Waals surface area contributed by atoms with Crippen molar-refractivity contribution in [1.82, 2.24) is 14.8 Å². The van der Waals surface area contributed by atoms with Crippen LogP contribution in [0.4, 0.5) is 0 Å². The molecular weight excluding hydrogens is 285 g/mol. The lowest BCUT2D eigenvalue weighted by atomic mass is 10.1. The lowest BCUT2D eigenvalue weighted by Gasteiger charge is -2.12. The monoisotopic (exact) mass is 299 g/mol. The lowest BCUT2D eigenvalue weighted by molar-refractivity contribution is 0.174. The van der Waals surface area contributed by atoms with E-state index in [-0.39, 0.29) is 0 Å². The van der Waals surface area contributed by atoms with E-state index in [0.717, 1.165) is 24.4 Å². The molecule has 0 aliphatic carbocycles. The third-order valence-electron chi connectivity index (χ3n) is 2.84. The number of aliphatic hydroxyl groups is 1. The number of aliphatic hydroxyl groups excluding tert-OH is 1. The van der Waals surface area contributed by atoms with Crippen LogP contribution in [0.5, 0.6) is 0 Å². The van der Waals surface area contributed by atoms with Crippen molar-refractivity contribution >= 4 is 23.2 Å². The molecule has 1 atom stereocenters. The zero-order valence-corrected chi connectivity index (χ0v) is 12.1. The van der Waals surface area contributed by atoms with Crippen LogP contribution in [0.15, 0.2) is 24.5 Å². The minimum absolute atomic E-state index is 0.401. The van der Waals surface area contributed by atoms with Crippen molar-refractivity contribution in [2.45, 2.75) is 32.4 Å². The second-order valence-electron chi connectivity index (χ2n) is 4.29. The van der Waals surface area contributed by atoms with E-state index < -0.39 is 6.10 Å². The molecular formula is C13H15Cl2N3O. The van der Waals surface area contributed by atoms with Crippen LogP contribution in [0.1, 0.15) is 30.8 Å². The normalized spacial score (nSPS) is 12.6. The molecule has 4 nitrogen and oxygen atoms in total. The fourth-order valence-corrected chi connectivity index (χ4v) is 2.16. The van der Waals surface area contributed by atoms with Gasteiger partial charge in [-0.15, -0.1) is 0 Å². The zero-order valence-electron chi connectivity index (χ0n) is 10.6. The fraction of sp³-hybridized carbons (Fsp3) is 0.385. The Kier molecular flexibility index (Phi) is 4.80. The van der Waals surface area contributed by atoms with Crippen LogP contribution in [0.25, 0.3) is 0 Å². The first kappa shape index (κ1) is 14.3. The predicted molar refractivity (Wildman–Crippen MR) is 75.4 cm³/mol. The van der Waals surface area contributed by atoms with Crippen molar-refractivity contribution in [3.8, 4) is 0 Å². The Balaban J connectivity index is 2.13. The van der Waals surface area contributed by atoms with Gasteiger partial charge in [0, 0.05) is 13.0 Å². The molecule has 0 fully saturated rings. The van der Waals surface area contributed by atoms with Gasteiger partial charge in [0.1, 0.15) is 12.2 Å².